The summed E-state index contributed by atoms with van der Waals surface area (Å²) in [7, 11) is 0. The molecule has 0 heterocycles. The van der Waals surface area contributed by atoms with Crippen molar-refractivity contribution in [3.8, 4) is 0 Å². The molecule has 0 spiro atoms. The summed E-state index contributed by atoms with van der Waals surface area (Å²) < 4.78 is 0. The number of amides is 2. The number of rotatable bonds is 9. The minimum Gasteiger partial charge on any atom is -0.480 e. The molecule has 2 amide bonds. The number of thiol groups is 1. The number of hydrogen-bond donors (Lipinski definition) is 5. The van der Waals surface area contributed by atoms with E-state index in [1.807, 2.05) is 30.3 Å². The van der Waals surface area contributed by atoms with E-state index >= 15 is 0 Å². The fraction of sp³-hybridized carbons (Fsp3) is 0.471. The fourth-order valence-electron chi connectivity index (χ4n) is 2.20. The first kappa shape index (κ1) is 21.0. The summed E-state index contributed by atoms with van der Waals surface area (Å²) in [5.41, 5.74) is 6.84. The Balaban J connectivity index is 2.71. The molecule has 25 heavy (non-hydrogen) atoms. The zero-order valence-electron chi connectivity index (χ0n) is 14.3. The molecule has 0 aliphatic rings. The molecule has 138 valence electrons. The summed E-state index contributed by atoms with van der Waals surface area (Å²) in [5, 5.41) is 14.0. The molecule has 0 saturated carbocycles. The standard InChI is InChI=1S/C17H25N3O4S/c1-10(2)14(16(22)19-13(9-25)17(23)24)20-15(21)12(18)8-11-6-4-3-5-7-11/h3-7,10,12-14,25H,8-9,18H2,1-2H3,(H,19,22)(H,20,21)(H,23,24). The molecule has 0 fully saturated rings. The number of hydrogen-bond acceptors (Lipinski definition) is 5. The van der Waals surface area contributed by atoms with Gasteiger partial charge in [0.15, 0.2) is 0 Å². The molecule has 1 aromatic carbocycles. The van der Waals surface area contributed by atoms with Crippen molar-refractivity contribution in [3.63, 3.8) is 0 Å². The van der Waals surface area contributed by atoms with Gasteiger partial charge in [0.1, 0.15) is 12.1 Å². The van der Waals surface area contributed by atoms with Gasteiger partial charge in [-0.05, 0) is 17.9 Å². The number of nitrogens with one attached hydrogen (secondary N) is 2. The first-order valence-electron chi connectivity index (χ1n) is 8.00. The maximum absolute atomic E-state index is 12.3. The van der Waals surface area contributed by atoms with Crippen LogP contribution in [0.15, 0.2) is 30.3 Å². The van der Waals surface area contributed by atoms with Gasteiger partial charge in [0.2, 0.25) is 11.8 Å². The molecule has 0 aliphatic heterocycles. The fourth-order valence-corrected chi connectivity index (χ4v) is 2.45. The van der Waals surface area contributed by atoms with E-state index in [0.717, 1.165) is 5.56 Å². The van der Waals surface area contributed by atoms with Crippen LogP contribution in [0, 0.1) is 5.92 Å². The van der Waals surface area contributed by atoms with Crippen molar-refractivity contribution >= 4 is 30.4 Å². The Morgan fingerprint density at radius 2 is 1.72 bits per heavy atom. The molecular weight excluding hydrogens is 342 g/mol. The lowest BCUT2D eigenvalue weighted by molar-refractivity contribution is -0.141. The van der Waals surface area contributed by atoms with E-state index in [2.05, 4.69) is 23.3 Å². The van der Waals surface area contributed by atoms with Gasteiger partial charge in [-0.2, -0.15) is 12.6 Å². The van der Waals surface area contributed by atoms with Crippen molar-refractivity contribution in [3.05, 3.63) is 35.9 Å². The van der Waals surface area contributed by atoms with Gasteiger partial charge in [0.05, 0.1) is 6.04 Å². The molecule has 0 saturated heterocycles. The Labute approximate surface area is 152 Å². The van der Waals surface area contributed by atoms with Gasteiger partial charge in [0.25, 0.3) is 0 Å². The quantitative estimate of drug-likeness (QED) is 0.399. The Hall–Kier alpha value is -2.06. The molecule has 0 bridgehead atoms. The highest BCUT2D eigenvalue weighted by atomic mass is 32.1. The van der Waals surface area contributed by atoms with Crippen molar-refractivity contribution < 1.29 is 19.5 Å². The second-order valence-corrected chi connectivity index (χ2v) is 6.47. The van der Waals surface area contributed by atoms with E-state index in [1.54, 1.807) is 13.8 Å². The lowest BCUT2D eigenvalue weighted by Gasteiger charge is -2.25. The van der Waals surface area contributed by atoms with E-state index in [0.29, 0.717) is 6.42 Å². The lowest BCUT2D eigenvalue weighted by atomic mass is 10.0. The zero-order chi connectivity index (χ0) is 19.0. The zero-order valence-corrected chi connectivity index (χ0v) is 15.2. The van der Waals surface area contributed by atoms with Crippen molar-refractivity contribution in [2.24, 2.45) is 11.7 Å². The van der Waals surface area contributed by atoms with E-state index in [1.165, 1.54) is 0 Å². The third-order valence-electron chi connectivity index (χ3n) is 3.68. The molecule has 7 nitrogen and oxygen atoms in total. The van der Waals surface area contributed by atoms with Crippen LogP contribution < -0.4 is 16.4 Å². The van der Waals surface area contributed by atoms with Crippen LogP contribution in [-0.4, -0.2) is 46.8 Å². The maximum Gasteiger partial charge on any atom is 0.327 e. The van der Waals surface area contributed by atoms with E-state index < -0.39 is 35.9 Å². The Morgan fingerprint density at radius 1 is 1.12 bits per heavy atom. The minimum atomic E-state index is -1.18. The van der Waals surface area contributed by atoms with Crippen molar-refractivity contribution in [2.75, 3.05) is 5.75 Å². The van der Waals surface area contributed by atoms with Crippen LogP contribution in [0.1, 0.15) is 19.4 Å². The van der Waals surface area contributed by atoms with Gasteiger partial charge in [-0.25, -0.2) is 4.79 Å². The smallest absolute Gasteiger partial charge is 0.327 e. The molecule has 0 radical (unpaired) electrons. The summed E-state index contributed by atoms with van der Waals surface area (Å²) >= 11 is 3.90. The maximum atomic E-state index is 12.3. The second-order valence-electron chi connectivity index (χ2n) is 6.11. The summed E-state index contributed by atoms with van der Waals surface area (Å²) in [6.07, 6.45) is 0.341. The van der Waals surface area contributed by atoms with Gasteiger partial charge in [-0.15, -0.1) is 0 Å². The Morgan fingerprint density at radius 3 is 2.20 bits per heavy atom. The predicted octanol–water partition coefficient (Wildman–Crippen LogP) is 0.196. The molecule has 0 aliphatic carbocycles. The third-order valence-corrected chi connectivity index (χ3v) is 4.04. The van der Waals surface area contributed by atoms with Crippen LogP contribution in [0.5, 0.6) is 0 Å². The largest absolute Gasteiger partial charge is 0.480 e. The van der Waals surface area contributed by atoms with Gasteiger partial charge >= 0.3 is 5.97 Å². The molecule has 3 unspecified atom stereocenters. The highest BCUT2D eigenvalue weighted by molar-refractivity contribution is 7.80. The van der Waals surface area contributed by atoms with Crippen LogP contribution >= 0.6 is 12.6 Å². The number of carboxylic acid groups (broad SMARTS) is 1. The molecule has 3 atom stereocenters. The number of carbonyl (C=O) groups is 3. The highest BCUT2D eigenvalue weighted by Crippen LogP contribution is 2.06. The van der Waals surface area contributed by atoms with Gasteiger partial charge in [0, 0.05) is 5.75 Å². The third kappa shape index (κ3) is 6.75. The minimum absolute atomic E-state index is 0.0483. The molecule has 0 aromatic heterocycles. The van der Waals surface area contributed by atoms with Crippen LogP contribution in [0.2, 0.25) is 0 Å². The molecule has 8 heteroatoms. The molecule has 1 aromatic rings. The summed E-state index contributed by atoms with van der Waals surface area (Å²) in [6, 6.07) is 6.50. The normalized spacial score (nSPS) is 14.4. The van der Waals surface area contributed by atoms with Crippen molar-refractivity contribution in [1.82, 2.24) is 10.6 Å². The first-order chi connectivity index (χ1) is 11.8. The molecule has 5 N–H and O–H groups in total. The van der Waals surface area contributed by atoms with Crippen LogP contribution in [0.3, 0.4) is 0 Å². The lowest BCUT2D eigenvalue weighted by Crippen LogP contribution is -2.56. The van der Waals surface area contributed by atoms with Crippen LogP contribution in [0.4, 0.5) is 0 Å². The monoisotopic (exact) mass is 367 g/mol. The van der Waals surface area contributed by atoms with Crippen LogP contribution in [-0.2, 0) is 20.8 Å². The van der Waals surface area contributed by atoms with E-state index in [9.17, 15) is 14.4 Å². The molecule has 1 rings (SSSR count). The summed E-state index contributed by atoms with van der Waals surface area (Å²) in [4.78, 5) is 35.6. The average Bonchev–Trinajstić information content (AvgIpc) is 2.57. The Bertz CT molecular complexity index is 595. The van der Waals surface area contributed by atoms with Gasteiger partial charge < -0.3 is 21.5 Å². The summed E-state index contributed by atoms with van der Waals surface area (Å²) in [6.45, 7) is 3.51. The van der Waals surface area contributed by atoms with Crippen molar-refractivity contribution in [1.29, 1.82) is 0 Å². The first-order valence-corrected chi connectivity index (χ1v) is 8.63. The average molecular weight is 367 g/mol. The number of nitrogens with two attached hydrogens (primary N) is 1. The Kier molecular flexibility index (Phi) is 8.44. The number of carbonyl (C=O) groups excluding carboxylic acids is 2. The highest BCUT2D eigenvalue weighted by Gasteiger charge is 2.29. The van der Waals surface area contributed by atoms with Gasteiger partial charge in [-0.3, -0.25) is 9.59 Å². The number of benzene rings is 1. The second kappa shape index (κ2) is 10.0. The van der Waals surface area contributed by atoms with E-state index in [4.69, 9.17) is 10.8 Å². The van der Waals surface area contributed by atoms with Crippen molar-refractivity contribution in [2.45, 2.75) is 38.4 Å². The van der Waals surface area contributed by atoms with E-state index in [-0.39, 0.29) is 11.7 Å². The number of aliphatic carboxylic acids is 1. The molecular formula is C17H25N3O4S. The topological polar surface area (TPSA) is 122 Å². The number of carboxylic acids is 1. The van der Waals surface area contributed by atoms with Gasteiger partial charge in [-0.1, -0.05) is 44.2 Å². The SMILES string of the molecule is CC(C)C(NC(=O)C(N)Cc1ccccc1)C(=O)NC(CS)C(=O)O. The predicted molar refractivity (Wildman–Crippen MR) is 98.3 cm³/mol. The van der Waals surface area contributed by atoms with Crippen LogP contribution in [0.25, 0.3) is 0 Å². The summed E-state index contributed by atoms with van der Waals surface area (Å²) in [5.74, 6) is -2.50.